The molecular weight excluding hydrogens is 355 g/mol. The lowest BCUT2D eigenvalue weighted by atomic mass is 10.0. The fourth-order valence-corrected chi connectivity index (χ4v) is 3.11. The summed E-state index contributed by atoms with van der Waals surface area (Å²) in [5.41, 5.74) is 1.58. The molecule has 4 nitrogen and oxygen atoms in total. The summed E-state index contributed by atoms with van der Waals surface area (Å²) in [4.78, 5) is 16.8. The zero-order valence-electron chi connectivity index (χ0n) is 14.6. The largest absolute Gasteiger partial charge is 0.385 e. The van der Waals surface area contributed by atoms with Gasteiger partial charge in [0, 0.05) is 44.0 Å². The van der Waals surface area contributed by atoms with Gasteiger partial charge in [-0.2, -0.15) is 0 Å². The zero-order valence-corrected chi connectivity index (χ0v) is 15.4. The van der Waals surface area contributed by atoms with Gasteiger partial charge in [-0.1, -0.05) is 18.2 Å². The van der Waals surface area contributed by atoms with Gasteiger partial charge in [0.25, 0.3) is 0 Å². The van der Waals surface area contributed by atoms with Gasteiger partial charge in [-0.15, -0.1) is 12.4 Å². The van der Waals surface area contributed by atoms with Crippen LogP contribution in [0.3, 0.4) is 0 Å². The summed E-state index contributed by atoms with van der Waals surface area (Å²) in [7, 11) is 0. The summed E-state index contributed by atoms with van der Waals surface area (Å²) >= 11 is 0. The van der Waals surface area contributed by atoms with Crippen molar-refractivity contribution >= 4 is 23.9 Å². The van der Waals surface area contributed by atoms with Crippen LogP contribution in [0.25, 0.3) is 0 Å². The van der Waals surface area contributed by atoms with Crippen LogP contribution in [0.15, 0.2) is 54.6 Å². The lowest BCUT2D eigenvalue weighted by Gasteiger charge is -2.36. The van der Waals surface area contributed by atoms with Crippen LogP contribution in [0, 0.1) is 5.82 Å². The molecule has 0 aliphatic carbocycles. The highest BCUT2D eigenvalue weighted by atomic mass is 35.5. The summed E-state index contributed by atoms with van der Waals surface area (Å²) in [6, 6.07) is 15.6. The Morgan fingerprint density at radius 1 is 1.00 bits per heavy atom. The van der Waals surface area contributed by atoms with Crippen LogP contribution in [0.4, 0.5) is 10.1 Å². The van der Waals surface area contributed by atoms with E-state index < -0.39 is 6.10 Å². The minimum atomic E-state index is -1.04. The molecule has 2 aromatic carbocycles. The molecule has 0 radical (unpaired) electrons. The highest BCUT2D eigenvalue weighted by molar-refractivity contribution is 5.99. The van der Waals surface area contributed by atoms with Crippen molar-refractivity contribution in [3.8, 4) is 0 Å². The minimum absolute atomic E-state index is 0. The van der Waals surface area contributed by atoms with Gasteiger partial charge < -0.3 is 10.0 Å². The molecule has 0 spiro atoms. The van der Waals surface area contributed by atoms with E-state index in [2.05, 4.69) is 21.9 Å². The standard InChI is InChI=1S/C20H23FN2O2.ClH/c21-17-8-6-16(7-9-17)20(25)19(24)10-11-22-12-14-23(15-13-22)18-4-2-1-3-5-18;/h1-9,19,24H,10-15H2;1H. The fourth-order valence-electron chi connectivity index (χ4n) is 3.11. The predicted molar refractivity (Wildman–Crippen MR) is 104 cm³/mol. The van der Waals surface area contributed by atoms with E-state index in [-0.39, 0.29) is 24.0 Å². The van der Waals surface area contributed by atoms with Gasteiger partial charge in [-0.05, 0) is 42.8 Å². The Balaban J connectivity index is 0.00000243. The average molecular weight is 379 g/mol. The SMILES string of the molecule is Cl.O=C(c1ccc(F)cc1)C(O)CCN1CCN(c2ccccc2)CC1. The van der Waals surface area contributed by atoms with Crippen molar-refractivity contribution < 1.29 is 14.3 Å². The Labute approximate surface area is 159 Å². The number of Topliss-reactive ketones (excluding diaryl/α,β-unsaturated/α-hetero) is 1. The van der Waals surface area contributed by atoms with Gasteiger partial charge in [0.05, 0.1) is 0 Å². The number of para-hydroxylation sites is 1. The Hall–Kier alpha value is -1.95. The summed E-state index contributed by atoms with van der Waals surface area (Å²) < 4.78 is 12.9. The molecule has 140 valence electrons. The molecule has 0 saturated carbocycles. The van der Waals surface area contributed by atoms with E-state index in [4.69, 9.17) is 0 Å². The number of ketones is 1. The topological polar surface area (TPSA) is 43.8 Å². The van der Waals surface area contributed by atoms with Gasteiger partial charge in [0.15, 0.2) is 5.78 Å². The predicted octanol–water partition coefficient (Wildman–Crippen LogP) is 3.00. The van der Waals surface area contributed by atoms with Gasteiger partial charge >= 0.3 is 0 Å². The Bertz CT molecular complexity index is 689. The molecule has 1 heterocycles. The first-order valence-corrected chi connectivity index (χ1v) is 8.64. The maximum Gasteiger partial charge on any atom is 0.191 e. The molecule has 1 atom stereocenters. The van der Waals surface area contributed by atoms with Crippen molar-refractivity contribution in [1.82, 2.24) is 4.90 Å². The highest BCUT2D eigenvalue weighted by Crippen LogP contribution is 2.16. The maximum atomic E-state index is 12.9. The van der Waals surface area contributed by atoms with Gasteiger partial charge in [-0.3, -0.25) is 9.69 Å². The number of aliphatic hydroxyl groups is 1. The molecule has 1 saturated heterocycles. The quantitative estimate of drug-likeness (QED) is 0.785. The van der Waals surface area contributed by atoms with Crippen LogP contribution < -0.4 is 4.90 Å². The van der Waals surface area contributed by atoms with Crippen molar-refractivity contribution in [1.29, 1.82) is 0 Å². The number of anilines is 1. The third-order valence-corrected chi connectivity index (χ3v) is 4.64. The Morgan fingerprint density at radius 2 is 1.62 bits per heavy atom. The number of hydrogen-bond donors (Lipinski definition) is 1. The number of hydrogen-bond acceptors (Lipinski definition) is 4. The van der Waals surface area contributed by atoms with E-state index >= 15 is 0 Å². The molecule has 1 aliphatic rings. The third kappa shape index (κ3) is 5.27. The molecule has 1 aliphatic heterocycles. The molecule has 0 amide bonds. The molecule has 1 N–H and O–H groups in total. The van der Waals surface area contributed by atoms with Crippen LogP contribution in [0.2, 0.25) is 0 Å². The van der Waals surface area contributed by atoms with Crippen molar-refractivity contribution in [3.63, 3.8) is 0 Å². The molecule has 0 bridgehead atoms. The lowest BCUT2D eigenvalue weighted by molar-refractivity contribution is 0.0700. The first-order chi connectivity index (χ1) is 12.1. The summed E-state index contributed by atoms with van der Waals surface area (Å²) in [5.74, 6) is -0.731. The first-order valence-electron chi connectivity index (χ1n) is 8.64. The third-order valence-electron chi connectivity index (χ3n) is 4.64. The van der Waals surface area contributed by atoms with Gasteiger partial charge in [0.2, 0.25) is 0 Å². The lowest BCUT2D eigenvalue weighted by Crippen LogP contribution is -2.47. The molecule has 6 heteroatoms. The second-order valence-electron chi connectivity index (χ2n) is 6.34. The zero-order chi connectivity index (χ0) is 17.6. The molecule has 2 aromatic rings. The van der Waals surface area contributed by atoms with Crippen LogP contribution in [0.1, 0.15) is 16.8 Å². The van der Waals surface area contributed by atoms with Crippen LogP contribution in [-0.2, 0) is 0 Å². The van der Waals surface area contributed by atoms with E-state index in [9.17, 15) is 14.3 Å². The number of carbonyl (C=O) groups excluding carboxylic acids is 1. The van der Waals surface area contributed by atoms with Crippen molar-refractivity contribution in [2.75, 3.05) is 37.6 Å². The van der Waals surface area contributed by atoms with Gasteiger partial charge in [-0.25, -0.2) is 4.39 Å². The molecular formula is C20H24ClFN2O2. The summed E-state index contributed by atoms with van der Waals surface area (Å²) in [6.45, 7) is 4.37. The maximum absolute atomic E-state index is 12.9. The second kappa shape index (κ2) is 9.67. The number of nitrogens with zero attached hydrogens (tertiary/aromatic N) is 2. The summed E-state index contributed by atoms with van der Waals surface area (Å²) in [5, 5.41) is 10.1. The number of benzene rings is 2. The Kier molecular flexibility index (Phi) is 7.57. The van der Waals surface area contributed by atoms with E-state index in [1.165, 1.54) is 30.0 Å². The van der Waals surface area contributed by atoms with E-state index in [0.717, 1.165) is 26.2 Å². The van der Waals surface area contributed by atoms with Crippen LogP contribution >= 0.6 is 12.4 Å². The molecule has 1 unspecified atom stereocenters. The fraction of sp³-hybridized carbons (Fsp3) is 0.350. The van der Waals surface area contributed by atoms with Crippen LogP contribution in [0.5, 0.6) is 0 Å². The normalized spacial score (nSPS) is 16.0. The minimum Gasteiger partial charge on any atom is -0.385 e. The monoisotopic (exact) mass is 378 g/mol. The van der Waals surface area contributed by atoms with Crippen molar-refractivity contribution in [2.45, 2.75) is 12.5 Å². The number of aliphatic hydroxyl groups excluding tert-OH is 1. The Morgan fingerprint density at radius 3 is 2.23 bits per heavy atom. The molecule has 0 aromatic heterocycles. The number of rotatable bonds is 6. The van der Waals surface area contributed by atoms with Gasteiger partial charge in [0.1, 0.15) is 11.9 Å². The van der Waals surface area contributed by atoms with E-state index in [0.29, 0.717) is 18.5 Å². The first kappa shape index (κ1) is 20.4. The smallest absolute Gasteiger partial charge is 0.191 e. The second-order valence-corrected chi connectivity index (χ2v) is 6.34. The average Bonchev–Trinajstić information content (AvgIpc) is 2.67. The molecule has 26 heavy (non-hydrogen) atoms. The van der Waals surface area contributed by atoms with E-state index in [1.807, 2.05) is 18.2 Å². The highest BCUT2D eigenvalue weighted by Gasteiger charge is 2.21. The number of halogens is 2. The summed E-state index contributed by atoms with van der Waals surface area (Å²) in [6.07, 6.45) is -0.653. The van der Waals surface area contributed by atoms with Crippen LogP contribution in [-0.4, -0.2) is 54.6 Å². The number of carbonyl (C=O) groups is 1. The van der Waals surface area contributed by atoms with Crippen molar-refractivity contribution in [2.24, 2.45) is 0 Å². The molecule has 3 rings (SSSR count). The van der Waals surface area contributed by atoms with E-state index in [1.54, 1.807) is 0 Å². The molecule has 1 fully saturated rings. The van der Waals surface area contributed by atoms with Crippen molar-refractivity contribution in [3.05, 3.63) is 66.0 Å². The number of piperazine rings is 1.